The van der Waals surface area contributed by atoms with Crippen molar-refractivity contribution in [2.24, 2.45) is 5.92 Å². The fourth-order valence-corrected chi connectivity index (χ4v) is 2.82. The minimum atomic E-state index is -3.81. The van der Waals surface area contributed by atoms with E-state index in [1.807, 2.05) is 0 Å². The second kappa shape index (κ2) is 7.19. The van der Waals surface area contributed by atoms with E-state index in [9.17, 15) is 18.0 Å². The van der Waals surface area contributed by atoms with E-state index in [0.29, 0.717) is 0 Å². The van der Waals surface area contributed by atoms with Gasteiger partial charge in [0.1, 0.15) is 0 Å². The van der Waals surface area contributed by atoms with Crippen molar-refractivity contribution in [1.82, 2.24) is 4.72 Å². The Morgan fingerprint density at radius 3 is 2.62 bits per heavy atom. The van der Waals surface area contributed by atoms with Gasteiger partial charge < -0.3 is 9.84 Å². The Balaban J connectivity index is 2.83. The van der Waals surface area contributed by atoms with E-state index in [-0.39, 0.29) is 29.3 Å². The van der Waals surface area contributed by atoms with Gasteiger partial charge in [0, 0.05) is 13.0 Å². The summed E-state index contributed by atoms with van der Waals surface area (Å²) in [4.78, 5) is 21.8. The summed E-state index contributed by atoms with van der Waals surface area (Å²) in [6.45, 7) is 1.62. The number of nitrogens with one attached hydrogen (secondary N) is 1. The number of hydrogen-bond donors (Lipinski definition) is 2. The quantitative estimate of drug-likeness (QED) is 0.722. The van der Waals surface area contributed by atoms with Crippen molar-refractivity contribution in [2.75, 3.05) is 13.7 Å². The highest BCUT2D eigenvalue weighted by atomic mass is 32.2. The van der Waals surface area contributed by atoms with Crippen LogP contribution >= 0.6 is 0 Å². The maximum absolute atomic E-state index is 12.1. The van der Waals surface area contributed by atoms with Gasteiger partial charge >= 0.3 is 11.9 Å². The van der Waals surface area contributed by atoms with Gasteiger partial charge in [0.25, 0.3) is 0 Å². The molecule has 0 heterocycles. The average Bonchev–Trinajstić information content (AvgIpc) is 2.44. The zero-order chi connectivity index (χ0) is 16.0. The van der Waals surface area contributed by atoms with Crippen molar-refractivity contribution in [3.05, 3.63) is 29.8 Å². The van der Waals surface area contributed by atoms with E-state index in [2.05, 4.69) is 9.46 Å². The molecule has 21 heavy (non-hydrogen) atoms. The lowest BCUT2D eigenvalue weighted by Crippen LogP contribution is -2.29. The summed E-state index contributed by atoms with van der Waals surface area (Å²) in [5.41, 5.74) is 0.124. The molecule has 0 aromatic heterocycles. The number of sulfonamides is 1. The summed E-state index contributed by atoms with van der Waals surface area (Å²) in [6.07, 6.45) is -0.134. The van der Waals surface area contributed by atoms with Gasteiger partial charge in [-0.25, -0.2) is 17.9 Å². The molecule has 1 rings (SSSR count). The van der Waals surface area contributed by atoms with Crippen molar-refractivity contribution >= 4 is 22.0 Å². The largest absolute Gasteiger partial charge is 0.481 e. The SMILES string of the molecule is COC(=O)c1cccc(S(=O)(=O)NCC(C)CC(=O)O)c1. The Kier molecular flexibility index (Phi) is 5.86. The van der Waals surface area contributed by atoms with Crippen molar-refractivity contribution in [3.63, 3.8) is 0 Å². The summed E-state index contributed by atoms with van der Waals surface area (Å²) in [6, 6.07) is 5.42. The molecule has 0 aliphatic rings. The maximum Gasteiger partial charge on any atom is 0.337 e. The lowest BCUT2D eigenvalue weighted by molar-refractivity contribution is -0.137. The molecule has 0 bridgehead atoms. The molecule has 0 amide bonds. The third-order valence-electron chi connectivity index (χ3n) is 2.71. The number of esters is 1. The number of carbonyl (C=O) groups excluding carboxylic acids is 1. The smallest absolute Gasteiger partial charge is 0.337 e. The number of aliphatic carboxylic acids is 1. The first-order chi connectivity index (χ1) is 9.76. The second-order valence-electron chi connectivity index (χ2n) is 4.57. The van der Waals surface area contributed by atoms with Crippen LogP contribution in [0.15, 0.2) is 29.2 Å². The molecule has 1 atom stereocenters. The minimum Gasteiger partial charge on any atom is -0.481 e. The Morgan fingerprint density at radius 2 is 2.05 bits per heavy atom. The predicted molar refractivity (Wildman–Crippen MR) is 74.4 cm³/mol. The van der Waals surface area contributed by atoms with E-state index < -0.39 is 22.0 Å². The maximum atomic E-state index is 12.1. The van der Waals surface area contributed by atoms with E-state index >= 15 is 0 Å². The number of methoxy groups -OCH3 is 1. The lowest BCUT2D eigenvalue weighted by atomic mass is 10.1. The van der Waals surface area contributed by atoms with E-state index in [1.54, 1.807) is 6.92 Å². The molecule has 7 nitrogen and oxygen atoms in total. The summed E-state index contributed by atoms with van der Waals surface area (Å²) in [5.74, 6) is -1.97. The fraction of sp³-hybridized carbons (Fsp3) is 0.385. The zero-order valence-corrected chi connectivity index (χ0v) is 12.5. The molecule has 0 saturated carbocycles. The summed E-state index contributed by atoms with van der Waals surface area (Å²) < 4.78 is 31.0. The lowest BCUT2D eigenvalue weighted by Gasteiger charge is -2.11. The summed E-state index contributed by atoms with van der Waals surface area (Å²) >= 11 is 0. The molecule has 1 unspecified atom stereocenters. The molecule has 0 saturated heterocycles. The van der Waals surface area contributed by atoms with Gasteiger partial charge in [0.05, 0.1) is 17.6 Å². The summed E-state index contributed by atoms with van der Waals surface area (Å²) in [7, 11) is -2.60. The molecule has 2 N–H and O–H groups in total. The number of carboxylic acids is 1. The van der Waals surface area contributed by atoms with Gasteiger partial charge in [0.15, 0.2) is 0 Å². The number of ether oxygens (including phenoxy) is 1. The third-order valence-corrected chi connectivity index (χ3v) is 4.13. The Morgan fingerprint density at radius 1 is 1.38 bits per heavy atom. The summed E-state index contributed by atoms with van der Waals surface area (Å²) in [5, 5.41) is 8.63. The monoisotopic (exact) mass is 315 g/mol. The van der Waals surface area contributed by atoms with Gasteiger partial charge in [0.2, 0.25) is 10.0 Å². The van der Waals surface area contributed by atoms with Crippen LogP contribution in [-0.2, 0) is 19.6 Å². The van der Waals surface area contributed by atoms with Crippen LogP contribution in [0.2, 0.25) is 0 Å². The van der Waals surface area contributed by atoms with Gasteiger partial charge in [-0.05, 0) is 24.1 Å². The van der Waals surface area contributed by atoms with Crippen LogP contribution in [0.4, 0.5) is 0 Å². The van der Waals surface area contributed by atoms with Crippen LogP contribution < -0.4 is 4.72 Å². The van der Waals surface area contributed by atoms with Crippen molar-refractivity contribution in [2.45, 2.75) is 18.2 Å². The van der Waals surface area contributed by atoms with Crippen LogP contribution in [0.1, 0.15) is 23.7 Å². The van der Waals surface area contributed by atoms with Crippen LogP contribution in [-0.4, -0.2) is 39.1 Å². The number of hydrogen-bond acceptors (Lipinski definition) is 5. The van der Waals surface area contributed by atoms with E-state index in [4.69, 9.17) is 5.11 Å². The molecule has 116 valence electrons. The van der Waals surface area contributed by atoms with Gasteiger partial charge in [-0.15, -0.1) is 0 Å². The Bertz CT molecular complexity index is 625. The Hall–Kier alpha value is -1.93. The van der Waals surface area contributed by atoms with E-state index in [0.717, 1.165) is 0 Å². The number of benzene rings is 1. The average molecular weight is 315 g/mol. The first kappa shape index (κ1) is 17.1. The van der Waals surface area contributed by atoms with Gasteiger partial charge in [-0.3, -0.25) is 4.79 Å². The molecule has 0 aliphatic carbocycles. The van der Waals surface area contributed by atoms with Gasteiger partial charge in [-0.2, -0.15) is 0 Å². The molecule has 0 aliphatic heterocycles. The molecule has 0 fully saturated rings. The van der Waals surface area contributed by atoms with Crippen molar-refractivity contribution < 1.29 is 27.9 Å². The zero-order valence-electron chi connectivity index (χ0n) is 11.7. The molecule has 0 radical (unpaired) electrons. The molecule has 1 aromatic rings. The van der Waals surface area contributed by atoms with Gasteiger partial charge in [-0.1, -0.05) is 13.0 Å². The van der Waals surface area contributed by atoms with Crippen LogP contribution in [0.25, 0.3) is 0 Å². The highest BCUT2D eigenvalue weighted by Crippen LogP contribution is 2.13. The first-order valence-electron chi connectivity index (χ1n) is 6.16. The minimum absolute atomic E-state index is 0.00289. The highest BCUT2D eigenvalue weighted by molar-refractivity contribution is 7.89. The fourth-order valence-electron chi connectivity index (χ4n) is 1.61. The van der Waals surface area contributed by atoms with Crippen LogP contribution in [0, 0.1) is 5.92 Å². The molecule has 1 aromatic carbocycles. The molecule has 8 heteroatoms. The normalized spacial score (nSPS) is 12.7. The van der Waals surface area contributed by atoms with Crippen molar-refractivity contribution in [3.8, 4) is 0 Å². The second-order valence-corrected chi connectivity index (χ2v) is 6.34. The van der Waals surface area contributed by atoms with Crippen molar-refractivity contribution in [1.29, 1.82) is 0 Å². The first-order valence-corrected chi connectivity index (χ1v) is 7.64. The third kappa shape index (κ3) is 5.16. The molecular weight excluding hydrogens is 298 g/mol. The number of rotatable bonds is 7. The number of carbonyl (C=O) groups is 2. The van der Waals surface area contributed by atoms with Crippen LogP contribution in [0.5, 0.6) is 0 Å². The van der Waals surface area contributed by atoms with Crippen LogP contribution in [0.3, 0.4) is 0 Å². The van der Waals surface area contributed by atoms with E-state index in [1.165, 1.54) is 31.4 Å². The predicted octanol–water partition coefficient (Wildman–Crippen LogP) is 0.862. The topological polar surface area (TPSA) is 110 Å². The number of carboxylic acid groups (broad SMARTS) is 1. The Labute approximate surface area is 123 Å². The molecule has 0 spiro atoms. The highest BCUT2D eigenvalue weighted by Gasteiger charge is 2.18. The molecular formula is C13H17NO6S. The standard InChI is InChI=1S/C13H17NO6S/c1-9(6-12(15)16)8-14-21(18,19)11-5-3-4-10(7-11)13(17)20-2/h3-5,7,9,14H,6,8H2,1-2H3,(H,15,16).